The minimum atomic E-state index is 1.23. The van der Waals surface area contributed by atoms with Crippen molar-refractivity contribution in [1.29, 1.82) is 0 Å². The monoisotopic (exact) mass is 213 g/mol. The smallest absolute Gasteiger partial charge is 0.0494 e. The summed E-state index contributed by atoms with van der Waals surface area (Å²) in [5.41, 5.74) is 8.01. The maximum atomic E-state index is 3.46. The molecule has 1 aromatic carbocycles. The minimum Gasteiger partial charge on any atom is -0.358 e. The Bertz CT molecular complexity index is 571. The molecule has 0 spiro atoms. The minimum absolute atomic E-state index is 1.23. The predicted molar refractivity (Wildman–Crippen MR) is 72.0 cm³/mol. The van der Waals surface area contributed by atoms with Crippen molar-refractivity contribution in [3.05, 3.63) is 40.1 Å². The highest BCUT2D eigenvalue weighted by atomic mass is 14.7. The van der Waals surface area contributed by atoms with Gasteiger partial charge in [-0.2, -0.15) is 0 Å². The zero-order chi connectivity index (χ0) is 11.9. The molecule has 0 fully saturated rings. The van der Waals surface area contributed by atoms with Crippen LogP contribution < -0.4 is 0 Å². The third-order valence-corrected chi connectivity index (χ3v) is 3.44. The van der Waals surface area contributed by atoms with Gasteiger partial charge in [-0.3, -0.25) is 0 Å². The van der Waals surface area contributed by atoms with Crippen molar-refractivity contribution in [3.63, 3.8) is 0 Å². The van der Waals surface area contributed by atoms with Crippen LogP contribution >= 0.6 is 0 Å². The fourth-order valence-corrected chi connectivity index (χ4v) is 2.42. The zero-order valence-corrected chi connectivity index (χ0v) is 10.7. The van der Waals surface area contributed by atoms with Gasteiger partial charge in [0, 0.05) is 16.6 Å². The molecule has 16 heavy (non-hydrogen) atoms. The molecule has 0 atom stereocenters. The second-order valence-electron chi connectivity index (χ2n) is 4.53. The lowest BCUT2D eigenvalue weighted by molar-refractivity contribution is 1.27. The second-order valence-corrected chi connectivity index (χ2v) is 4.53. The van der Waals surface area contributed by atoms with Gasteiger partial charge in [0.15, 0.2) is 0 Å². The van der Waals surface area contributed by atoms with Crippen LogP contribution in [0.15, 0.2) is 12.1 Å². The largest absolute Gasteiger partial charge is 0.358 e. The van der Waals surface area contributed by atoms with E-state index in [1.54, 1.807) is 0 Å². The molecule has 0 bridgehead atoms. The van der Waals surface area contributed by atoms with Crippen LogP contribution in [-0.4, -0.2) is 4.98 Å². The number of aromatic amines is 1. The SMILES string of the molecule is C/C=C\c1c(C)c(C)c2cc(C)[nH]c2c1C. The first-order valence-corrected chi connectivity index (χ1v) is 5.78. The first kappa shape index (κ1) is 11.0. The highest BCUT2D eigenvalue weighted by Crippen LogP contribution is 2.30. The number of rotatable bonds is 1. The zero-order valence-electron chi connectivity index (χ0n) is 10.7. The number of aryl methyl sites for hydroxylation is 3. The van der Waals surface area contributed by atoms with Crippen LogP contribution in [0.3, 0.4) is 0 Å². The highest BCUT2D eigenvalue weighted by molar-refractivity contribution is 5.91. The summed E-state index contributed by atoms with van der Waals surface area (Å²) in [7, 11) is 0. The van der Waals surface area contributed by atoms with Crippen molar-refractivity contribution in [3.8, 4) is 0 Å². The van der Waals surface area contributed by atoms with Gasteiger partial charge in [0.05, 0.1) is 0 Å². The van der Waals surface area contributed by atoms with E-state index in [9.17, 15) is 0 Å². The molecule has 1 nitrogen and oxygen atoms in total. The molecule has 0 saturated heterocycles. The van der Waals surface area contributed by atoms with Gasteiger partial charge in [0.25, 0.3) is 0 Å². The van der Waals surface area contributed by atoms with E-state index in [-0.39, 0.29) is 0 Å². The van der Waals surface area contributed by atoms with Crippen LogP contribution in [-0.2, 0) is 0 Å². The standard InChI is InChI=1S/C15H19N/c1-6-7-13-10(3)11(4)14-8-9(2)16-15(14)12(13)5/h6-8,16H,1-5H3/b7-6-. The Balaban J connectivity index is 2.93. The third-order valence-electron chi connectivity index (χ3n) is 3.44. The molecular formula is C15H19N. The molecule has 0 aliphatic rings. The van der Waals surface area contributed by atoms with Gasteiger partial charge < -0.3 is 4.98 Å². The number of benzene rings is 1. The molecule has 1 N–H and O–H groups in total. The number of hydrogen-bond acceptors (Lipinski definition) is 0. The fraction of sp³-hybridized carbons (Fsp3) is 0.333. The summed E-state index contributed by atoms with van der Waals surface area (Å²) in [6.07, 6.45) is 4.31. The molecule has 0 amide bonds. The van der Waals surface area contributed by atoms with Gasteiger partial charge in [0.1, 0.15) is 0 Å². The van der Waals surface area contributed by atoms with E-state index in [2.05, 4.69) is 57.8 Å². The molecular weight excluding hydrogens is 194 g/mol. The predicted octanol–water partition coefficient (Wildman–Crippen LogP) is 4.43. The summed E-state index contributed by atoms with van der Waals surface area (Å²) in [6.45, 7) is 10.8. The lowest BCUT2D eigenvalue weighted by Crippen LogP contribution is -1.92. The van der Waals surface area contributed by atoms with E-state index >= 15 is 0 Å². The van der Waals surface area contributed by atoms with Crippen LogP contribution in [0.5, 0.6) is 0 Å². The first-order valence-electron chi connectivity index (χ1n) is 5.78. The molecule has 1 heterocycles. The second kappa shape index (κ2) is 3.82. The fourth-order valence-electron chi connectivity index (χ4n) is 2.42. The molecule has 1 heteroatoms. The van der Waals surface area contributed by atoms with Gasteiger partial charge in [-0.15, -0.1) is 0 Å². The van der Waals surface area contributed by atoms with Crippen molar-refractivity contribution < 1.29 is 0 Å². The van der Waals surface area contributed by atoms with Crippen molar-refractivity contribution in [2.45, 2.75) is 34.6 Å². The summed E-state index contributed by atoms with van der Waals surface area (Å²) in [6, 6.07) is 2.24. The summed E-state index contributed by atoms with van der Waals surface area (Å²) in [5.74, 6) is 0. The average molecular weight is 213 g/mol. The van der Waals surface area contributed by atoms with Gasteiger partial charge in [-0.1, -0.05) is 12.2 Å². The van der Waals surface area contributed by atoms with Crippen molar-refractivity contribution in [1.82, 2.24) is 4.98 Å². The lowest BCUT2D eigenvalue weighted by Gasteiger charge is -2.11. The van der Waals surface area contributed by atoms with Crippen LogP contribution in [0.2, 0.25) is 0 Å². The van der Waals surface area contributed by atoms with E-state index in [4.69, 9.17) is 0 Å². The third kappa shape index (κ3) is 1.47. The van der Waals surface area contributed by atoms with E-state index < -0.39 is 0 Å². The molecule has 84 valence electrons. The Morgan fingerprint density at radius 2 is 1.69 bits per heavy atom. The average Bonchev–Trinajstić information content (AvgIpc) is 2.64. The molecule has 0 aliphatic carbocycles. The summed E-state index contributed by atoms with van der Waals surface area (Å²) >= 11 is 0. The topological polar surface area (TPSA) is 15.8 Å². The van der Waals surface area contributed by atoms with Crippen molar-refractivity contribution >= 4 is 17.0 Å². The van der Waals surface area contributed by atoms with Gasteiger partial charge in [-0.25, -0.2) is 0 Å². The Kier molecular flexibility index (Phi) is 2.63. The normalized spacial score (nSPS) is 11.8. The van der Waals surface area contributed by atoms with Gasteiger partial charge in [0.2, 0.25) is 0 Å². The molecule has 1 aromatic heterocycles. The Labute approximate surface area is 97.2 Å². The van der Waals surface area contributed by atoms with E-state index in [0.29, 0.717) is 0 Å². The first-order chi connectivity index (χ1) is 7.56. The maximum Gasteiger partial charge on any atom is 0.0494 e. The quantitative estimate of drug-likeness (QED) is 0.721. The van der Waals surface area contributed by atoms with E-state index in [1.165, 1.54) is 38.9 Å². The van der Waals surface area contributed by atoms with Crippen LogP contribution in [0.25, 0.3) is 17.0 Å². The molecule has 0 radical (unpaired) electrons. The molecule has 0 saturated carbocycles. The highest BCUT2D eigenvalue weighted by Gasteiger charge is 2.11. The van der Waals surface area contributed by atoms with E-state index in [0.717, 1.165) is 0 Å². The van der Waals surface area contributed by atoms with Crippen molar-refractivity contribution in [2.75, 3.05) is 0 Å². The maximum absolute atomic E-state index is 3.46. The number of nitrogens with one attached hydrogen (secondary N) is 1. The molecule has 0 unspecified atom stereocenters. The Morgan fingerprint density at radius 1 is 1.00 bits per heavy atom. The molecule has 2 aromatic rings. The number of fused-ring (bicyclic) bond motifs is 1. The molecule has 0 aliphatic heterocycles. The van der Waals surface area contributed by atoms with Gasteiger partial charge >= 0.3 is 0 Å². The van der Waals surface area contributed by atoms with Crippen LogP contribution in [0, 0.1) is 27.7 Å². The Morgan fingerprint density at radius 3 is 2.31 bits per heavy atom. The van der Waals surface area contributed by atoms with Crippen LogP contribution in [0.1, 0.15) is 34.9 Å². The number of H-pyrrole nitrogens is 1. The lowest BCUT2D eigenvalue weighted by atomic mass is 9.94. The number of aromatic nitrogens is 1. The number of allylic oxidation sites excluding steroid dienone is 1. The summed E-state index contributed by atoms with van der Waals surface area (Å²) < 4.78 is 0. The van der Waals surface area contributed by atoms with Gasteiger partial charge in [-0.05, 0) is 62.9 Å². The van der Waals surface area contributed by atoms with Crippen LogP contribution in [0.4, 0.5) is 0 Å². The Hall–Kier alpha value is -1.50. The summed E-state index contributed by atoms with van der Waals surface area (Å²) in [4.78, 5) is 3.46. The summed E-state index contributed by atoms with van der Waals surface area (Å²) in [5, 5.41) is 1.36. The van der Waals surface area contributed by atoms with Crippen molar-refractivity contribution in [2.24, 2.45) is 0 Å². The number of hydrogen-bond donors (Lipinski definition) is 1. The molecule has 2 rings (SSSR count). The van der Waals surface area contributed by atoms with E-state index in [1.807, 2.05) is 0 Å².